The van der Waals surface area contributed by atoms with E-state index < -0.39 is 6.10 Å². The number of morpholine rings is 1. The number of carbonyl (C=O) groups is 1. The van der Waals surface area contributed by atoms with Gasteiger partial charge in [-0.05, 0) is 18.4 Å². The van der Waals surface area contributed by atoms with Gasteiger partial charge < -0.3 is 15.2 Å². The molecule has 134 valence electrons. The molecule has 1 aliphatic rings. The van der Waals surface area contributed by atoms with Gasteiger partial charge in [0.05, 0.1) is 13.2 Å². The average molecular weight is 334 g/mol. The van der Waals surface area contributed by atoms with Crippen LogP contribution in [0, 0.1) is 5.41 Å². The Balaban J connectivity index is 1.86. The van der Waals surface area contributed by atoms with Crippen molar-refractivity contribution in [3.8, 4) is 0 Å². The van der Waals surface area contributed by atoms with Crippen LogP contribution < -0.4 is 5.32 Å². The van der Waals surface area contributed by atoms with Crippen molar-refractivity contribution in [3.05, 3.63) is 35.9 Å². The van der Waals surface area contributed by atoms with Gasteiger partial charge >= 0.3 is 0 Å². The highest BCUT2D eigenvalue weighted by molar-refractivity contribution is 5.81. The molecule has 0 aromatic heterocycles. The second-order valence-electron chi connectivity index (χ2n) is 6.66. The summed E-state index contributed by atoms with van der Waals surface area (Å²) in [6.07, 6.45) is 1.24. The van der Waals surface area contributed by atoms with Gasteiger partial charge in [0.2, 0.25) is 5.91 Å². The third kappa shape index (κ3) is 5.03. The summed E-state index contributed by atoms with van der Waals surface area (Å²) in [5.41, 5.74) is 1.02. The Morgan fingerprint density at radius 2 is 2.04 bits per heavy atom. The van der Waals surface area contributed by atoms with Gasteiger partial charge in [-0.1, -0.05) is 44.2 Å². The van der Waals surface area contributed by atoms with Gasteiger partial charge in [0.25, 0.3) is 0 Å². The smallest absolute Gasteiger partial charge is 0.250 e. The second-order valence-corrected chi connectivity index (χ2v) is 6.66. The summed E-state index contributed by atoms with van der Waals surface area (Å²) in [5.74, 6) is -0.0764. The van der Waals surface area contributed by atoms with E-state index >= 15 is 0 Å². The number of rotatable bonds is 8. The Labute approximate surface area is 145 Å². The minimum absolute atomic E-state index is 0.0764. The zero-order valence-corrected chi connectivity index (χ0v) is 14.8. The lowest BCUT2D eigenvalue weighted by atomic mass is 9.83. The molecule has 0 bridgehead atoms. The molecule has 24 heavy (non-hydrogen) atoms. The highest BCUT2D eigenvalue weighted by Crippen LogP contribution is 2.24. The zero-order valence-electron chi connectivity index (χ0n) is 14.8. The predicted octanol–water partition coefficient (Wildman–Crippen LogP) is 1.80. The van der Waals surface area contributed by atoms with Crippen LogP contribution in [0.4, 0.5) is 0 Å². The molecule has 2 rings (SSSR count). The van der Waals surface area contributed by atoms with Crippen LogP contribution in [0.5, 0.6) is 0 Å². The summed E-state index contributed by atoms with van der Waals surface area (Å²) in [6.45, 7) is 7.51. The number of amides is 1. The summed E-state index contributed by atoms with van der Waals surface area (Å²) >= 11 is 0. The number of benzene rings is 1. The number of ether oxygens (including phenoxy) is 1. The van der Waals surface area contributed by atoms with Crippen LogP contribution in [0.3, 0.4) is 0 Å². The maximum Gasteiger partial charge on any atom is 0.250 e. The van der Waals surface area contributed by atoms with Gasteiger partial charge in [0.1, 0.15) is 6.10 Å². The molecule has 1 aliphatic heterocycles. The number of carbonyl (C=O) groups excluding carboxylic acids is 1. The molecule has 0 aliphatic carbocycles. The van der Waals surface area contributed by atoms with Crippen LogP contribution in [0.25, 0.3) is 0 Å². The monoisotopic (exact) mass is 334 g/mol. The lowest BCUT2D eigenvalue weighted by Gasteiger charge is -2.34. The average Bonchev–Trinajstić information content (AvgIpc) is 2.64. The fraction of sp³-hybridized carbons (Fsp3) is 0.632. The van der Waals surface area contributed by atoms with E-state index in [0.29, 0.717) is 19.7 Å². The third-order valence-electron chi connectivity index (χ3n) is 5.17. The Hall–Kier alpha value is -1.43. The van der Waals surface area contributed by atoms with Crippen molar-refractivity contribution in [2.75, 3.05) is 32.8 Å². The number of nitrogens with zero attached hydrogens (tertiary/aromatic N) is 1. The summed E-state index contributed by atoms with van der Waals surface area (Å²) in [5, 5.41) is 12.6. The molecule has 2 N–H and O–H groups in total. The van der Waals surface area contributed by atoms with Crippen molar-refractivity contribution in [2.45, 2.75) is 39.3 Å². The van der Waals surface area contributed by atoms with Crippen LogP contribution >= 0.6 is 0 Å². The van der Waals surface area contributed by atoms with E-state index in [1.165, 1.54) is 5.56 Å². The lowest BCUT2D eigenvalue weighted by molar-refractivity contribution is -0.139. The number of hydrogen-bond acceptors (Lipinski definition) is 4. The topological polar surface area (TPSA) is 61.8 Å². The van der Waals surface area contributed by atoms with Gasteiger partial charge in [0.15, 0.2) is 0 Å². The van der Waals surface area contributed by atoms with E-state index in [4.69, 9.17) is 4.74 Å². The lowest BCUT2D eigenvalue weighted by Crippen LogP contribution is -2.51. The molecule has 1 aromatic carbocycles. The van der Waals surface area contributed by atoms with E-state index in [9.17, 15) is 9.90 Å². The van der Waals surface area contributed by atoms with E-state index in [2.05, 4.69) is 22.3 Å². The van der Waals surface area contributed by atoms with Crippen molar-refractivity contribution in [3.63, 3.8) is 0 Å². The van der Waals surface area contributed by atoms with Crippen molar-refractivity contribution < 1.29 is 14.6 Å². The van der Waals surface area contributed by atoms with Crippen molar-refractivity contribution in [1.82, 2.24) is 10.2 Å². The standard InChI is InChI=1S/C19H30N2O3/c1-3-19(4-2,15-22)14-20-18(23)17-13-21(10-11-24-17)12-16-8-6-5-7-9-16/h5-9,17,22H,3-4,10-15H2,1-2H3,(H,20,23). The van der Waals surface area contributed by atoms with E-state index in [-0.39, 0.29) is 17.9 Å². The molecule has 1 aromatic rings. The van der Waals surface area contributed by atoms with Crippen LogP contribution in [-0.4, -0.2) is 54.9 Å². The molecular formula is C19H30N2O3. The quantitative estimate of drug-likeness (QED) is 0.761. The highest BCUT2D eigenvalue weighted by atomic mass is 16.5. The summed E-state index contributed by atoms with van der Waals surface area (Å²) in [6, 6.07) is 10.3. The van der Waals surface area contributed by atoms with Crippen LogP contribution in [0.2, 0.25) is 0 Å². The molecule has 0 saturated carbocycles. The number of aliphatic hydroxyl groups excluding tert-OH is 1. The third-order valence-corrected chi connectivity index (χ3v) is 5.17. The molecular weight excluding hydrogens is 304 g/mol. The number of nitrogens with one attached hydrogen (secondary N) is 1. The molecule has 1 amide bonds. The first kappa shape index (κ1) is 18.9. The Bertz CT molecular complexity index is 494. The fourth-order valence-corrected chi connectivity index (χ4v) is 3.01. The Morgan fingerprint density at radius 3 is 2.67 bits per heavy atom. The van der Waals surface area contributed by atoms with Crippen LogP contribution in [0.1, 0.15) is 32.3 Å². The van der Waals surface area contributed by atoms with Crippen LogP contribution in [-0.2, 0) is 16.1 Å². The number of hydrogen-bond donors (Lipinski definition) is 2. The molecule has 5 nitrogen and oxygen atoms in total. The first-order chi connectivity index (χ1) is 11.6. The van der Waals surface area contributed by atoms with Gasteiger partial charge in [-0.3, -0.25) is 9.69 Å². The molecule has 1 fully saturated rings. The normalized spacial score (nSPS) is 19.2. The molecule has 1 heterocycles. The van der Waals surface area contributed by atoms with E-state index in [1.54, 1.807) is 0 Å². The van der Waals surface area contributed by atoms with Gasteiger partial charge in [-0.15, -0.1) is 0 Å². The van der Waals surface area contributed by atoms with E-state index in [1.807, 2.05) is 32.0 Å². The first-order valence-corrected chi connectivity index (χ1v) is 8.89. The maximum absolute atomic E-state index is 12.4. The minimum atomic E-state index is -0.437. The van der Waals surface area contributed by atoms with Gasteiger partial charge in [-0.25, -0.2) is 0 Å². The Morgan fingerprint density at radius 1 is 1.33 bits per heavy atom. The maximum atomic E-state index is 12.4. The molecule has 1 unspecified atom stereocenters. The van der Waals surface area contributed by atoms with Crippen molar-refractivity contribution in [1.29, 1.82) is 0 Å². The highest BCUT2D eigenvalue weighted by Gasteiger charge is 2.30. The van der Waals surface area contributed by atoms with Crippen molar-refractivity contribution >= 4 is 5.91 Å². The largest absolute Gasteiger partial charge is 0.396 e. The SMILES string of the molecule is CCC(CC)(CO)CNC(=O)C1CN(Cc2ccccc2)CCO1. The van der Waals surface area contributed by atoms with E-state index in [0.717, 1.165) is 25.9 Å². The number of aliphatic hydroxyl groups is 1. The summed E-state index contributed by atoms with van der Waals surface area (Å²) in [7, 11) is 0. The van der Waals surface area contributed by atoms with Crippen LogP contribution in [0.15, 0.2) is 30.3 Å². The van der Waals surface area contributed by atoms with Gasteiger partial charge in [0, 0.05) is 31.6 Å². The second kappa shape index (κ2) is 9.16. The minimum Gasteiger partial charge on any atom is -0.396 e. The summed E-state index contributed by atoms with van der Waals surface area (Å²) < 4.78 is 5.66. The molecule has 0 radical (unpaired) electrons. The van der Waals surface area contributed by atoms with Crippen molar-refractivity contribution in [2.24, 2.45) is 5.41 Å². The fourth-order valence-electron chi connectivity index (χ4n) is 3.01. The molecule has 5 heteroatoms. The molecule has 0 spiro atoms. The van der Waals surface area contributed by atoms with Gasteiger partial charge in [-0.2, -0.15) is 0 Å². The molecule has 1 saturated heterocycles. The molecule has 1 atom stereocenters. The Kier molecular flexibility index (Phi) is 7.21. The summed E-state index contributed by atoms with van der Waals surface area (Å²) in [4.78, 5) is 14.7. The zero-order chi connectivity index (χ0) is 17.4. The first-order valence-electron chi connectivity index (χ1n) is 8.89. The predicted molar refractivity (Wildman–Crippen MR) is 94.6 cm³/mol.